The lowest BCUT2D eigenvalue weighted by Crippen LogP contribution is -2.31. The molecule has 0 spiro atoms. The number of hydrogen-bond acceptors (Lipinski definition) is 1. The molecule has 0 fully saturated rings. The van der Waals surface area contributed by atoms with Gasteiger partial charge in [0.1, 0.15) is 7.05 Å². The largest absolute Gasteiger partial charge is 0.256 e. The summed E-state index contributed by atoms with van der Waals surface area (Å²) in [6.07, 6.45) is 5.22. The molecule has 0 unspecified atom stereocenters. The summed E-state index contributed by atoms with van der Waals surface area (Å²) in [4.78, 5) is 4.69. The quantitative estimate of drug-likeness (QED) is 0.329. The fourth-order valence-electron chi connectivity index (χ4n) is 3.89. The fourth-order valence-corrected chi connectivity index (χ4v) is 3.89. The first kappa shape index (κ1) is 17.7. The van der Waals surface area contributed by atoms with Crippen LogP contribution in [0.25, 0.3) is 32.9 Å². The third-order valence-electron chi connectivity index (χ3n) is 5.16. The Bertz CT molecular complexity index is 1150. The second kappa shape index (κ2) is 6.45. The molecule has 0 aliphatic carbocycles. The lowest BCUT2D eigenvalue weighted by atomic mass is 9.87. The molecule has 2 heteroatoms. The molecule has 4 rings (SSSR count). The summed E-state index contributed by atoms with van der Waals surface area (Å²) in [5.41, 5.74) is 6.50. The minimum Gasteiger partial charge on any atom is -0.256 e. The highest BCUT2D eigenvalue weighted by Gasteiger charge is 2.18. The van der Waals surface area contributed by atoms with Crippen LogP contribution in [-0.4, -0.2) is 4.98 Å². The van der Waals surface area contributed by atoms with Crippen LogP contribution in [0.4, 0.5) is 0 Å². The molecular weight excluding hydrogens is 328 g/mol. The number of pyridine rings is 2. The van der Waals surface area contributed by atoms with E-state index in [-0.39, 0.29) is 5.41 Å². The van der Waals surface area contributed by atoms with Gasteiger partial charge in [0.25, 0.3) is 0 Å². The van der Waals surface area contributed by atoms with Crippen LogP contribution in [-0.2, 0) is 13.5 Å². The average molecular weight is 356 g/mol. The standard InChI is InChI=1S/C25H27N2/c1-17-12-23-22(20-9-7-6-8-19(20)16-26-23)14-21(17)24-13-18(10-11-27(24)5)15-25(2,3)4/h6-14,16H,15H2,1-5H3/q+1. The van der Waals surface area contributed by atoms with E-state index in [9.17, 15) is 0 Å². The van der Waals surface area contributed by atoms with Gasteiger partial charge >= 0.3 is 0 Å². The molecule has 0 amide bonds. The van der Waals surface area contributed by atoms with Crippen molar-refractivity contribution >= 4 is 21.7 Å². The maximum atomic E-state index is 4.69. The van der Waals surface area contributed by atoms with Crippen LogP contribution >= 0.6 is 0 Å². The van der Waals surface area contributed by atoms with E-state index in [2.05, 4.69) is 99.0 Å². The van der Waals surface area contributed by atoms with Crippen LogP contribution in [0, 0.1) is 12.3 Å². The van der Waals surface area contributed by atoms with Crippen molar-refractivity contribution in [3.8, 4) is 11.3 Å². The summed E-state index contributed by atoms with van der Waals surface area (Å²) in [6.45, 7) is 9.05. The first-order valence-electron chi connectivity index (χ1n) is 9.59. The first-order valence-corrected chi connectivity index (χ1v) is 9.59. The van der Waals surface area contributed by atoms with Gasteiger partial charge in [0.2, 0.25) is 5.69 Å². The molecule has 2 aromatic carbocycles. The normalized spacial score (nSPS) is 12.0. The monoisotopic (exact) mass is 355 g/mol. The Hall–Kier alpha value is -2.74. The van der Waals surface area contributed by atoms with Crippen molar-refractivity contribution in [2.24, 2.45) is 12.5 Å². The maximum absolute atomic E-state index is 4.69. The smallest absolute Gasteiger partial charge is 0.212 e. The summed E-state index contributed by atoms with van der Waals surface area (Å²) < 4.78 is 2.22. The Balaban J connectivity index is 1.94. The Morgan fingerprint density at radius 2 is 1.74 bits per heavy atom. The van der Waals surface area contributed by atoms with E-state index in [1.807, 2.05) is 6.20 Å². The second-order valence-corrected chi connectivity index (χ2v) is 8.80. The lowest BCUT2D eigenvalue weighted by molar-refractivity contribution is -0.660. The Labute approximate surface area is 161 Å². The zero-order valence-electron chi connectivity index (χ0n) is 16.9. The van der Waals surface area contributed by atoms with E-state index < -0.39 is 0 Å². The zero-order valence-corrected chi connectivity index (χ0v) is 16.9. The first-order chi connectivity index (χ1) is 12.8. The molecule has 4 aromatic rings. The van der Waals surface area contributed by atoms with Gasteiger partial charge in [-0.1, -0.05) is 45.0 Å². The van der Waals surface area contributed by atoms with Crippen molar-refractivity contribution in [1.29, 1.82) is 0 Å². The minimum absolute atomic E-state index is 0.274. The van der Waals surface area contributed by atoms with Crippen LogP contribution in [0.15, 0.2) is 60.9 Å². The second-order valence-electron chi connectivity index (χ2n) is 8.80. The van der Waals surface area contributed by atoms with Crippen LogP contribution in [0.5, 0.6) is 0 Å². The van der Waals surface area contributed by atoms with Crippen molar-refractivity contribution in [2.75, 3.05) is 0 Å². The molecule has 0 aliphatic rings. The third-order valence-corrected chi connectivity index (χ3v) is 5.16. The van der Waals surface area contributed by atoms with E-state index in [0.29, 0.717) is 0 Å². The summed E-state index contributed by atoms with van der Waals surface area (Å²) in [5, 5.41) is 3.66. The number of aromatic nitrogens is 2. The van der Waals surface area contributed by atoms with Crippen LogP contribution in [0.3, 0.4) is 0 Å². The number of hydrogen-bond donors (Lipinski definition) is 0. The maximum Gasteiger partial charge on any atom is 0.212 e. The molecule has 0 atom stereocenters. The van der Waals surface area contributed by atoms with Crippen molar-refractivity contribution in [3.63, 3.8) is 0 Å². The average Bonchev–Trinajstić information content (AvgIpc) is 2.61. The van der Waals surface area contributed by atoms with Gasteiger partial charge in [-0.15, -0.1) is 0 Å². The molecule has 136 valence electrons. The van der Waals surface area contributed by atoms with Crippen LogP contribution < -0.4 is 4.57 Å². The van der Waals surface area contributed by atoms with Crippen molar-refractivity contribution < 1.29 is 4.57 Å². The van der Waals surface area contributed by atoms with Crippen LogP contribution in [0.2, 0.25) is 0 Å². The predicted octanol–water partition coefficient (Wildman–Crippen LogP) is 5.78. The van der Waals surface area contributed by atoms with Crippen molar-refractivity contribution in [2.45, 2.75) is 34.1 Å². The third kappa shape index (κ3) is 3.44. The fraction of sp³-hybridized carbons (Fsp3) is 0.280. The summed E-state index contributed by atoms with van der Waals surface area (Å²) >= 11 is 0. The Morgan fingerprint density at radius 3 is 2.52 bits per heavy atom. The SMILES string of the molecule is Cc1cc2ncc3ccccc3c2cc1-c1cc(CC(C)(C)C)cc[n+]1C. The number of fused-ring (bicyclic) bond motifs is 3. The molecule has 0 saturated heterocycles. The molecule has 2 heterocycles. The van der Waals surface area contributed by atoms with E-state index in [4.69, 9.17) is 0 Å². The van der Waals surface area contributed by atoms with Gasteiger partial charge < -0.3 is 0 Å². The van der Waals surface area contributed by atoms with Gasteiger partial charge in [0.15, 0.2) is 6.20 Å². The summed E-state index contributed by atoms with van der Waals surface area (Å²) in [5.74, 6) is 0. The zero-order chi connectivity index (χ0) is 19.2. The highest BCUT2D eigenvalue weighted by Crippen LogP contribution is 2.31. The molecule has 0 bridgehead atoms. The summed E-state index contributed by atoms with van der Waals surface area (Å²) in [7, 11) is 2.13. The van der Waals surface area contributed by atoms with E-state index in [0.717, 1.165) is 11.9 Å². The van der Waals surface area contributed by atoms with E-state index >= 15 is 0 Å². The molecule has 2 nitrogen and oxygen atoms in total. The topological polar surface area (TPSA) is 16.8 Å². The molecular formula is C25H27N2+. The molecule has 0 saturated carbocycles. The number of aryl methyl sites for hydroxylation is 2. The van der Waals surface area contributed by atoms with Gasteiger partial charge in [-0.25, -0.2) is 4.57 Å². The minimum atomic E-state index is 0.274. The highest BCUT2D eigenvalue weighted by atomic mass is 14.9. The van der Waals surface area contributed by atoms with Crippen molar-refractivity contribution in [3.05, 3.63) is 72.1 Å². The van der Waals surface area contributed by atoms with E-state index in [1.165, 1.54) is 38.5 Å². The number of nitrogens with zero attached hydrogens (tertiary/aromatic N) is 2. The molecule has 27 heavy (non-hydrogen) atoms. The lowest BCUT2D eigenvalue weighted by Gasteiger charge is -2.18. The van der Waals surface area contributed by atoms with Gasteiger partial charge in [0, 0.05) is 34.7 Å². The van der Waals surface area contributed by atoms with Crippen LogP contribution in [0.1, 0.15) is 31.9 Å². The molecule has 0 radical (unpaired) electrons. The highest BCUT2D eigenvalue weighted by molar-refractivity contribution is 6.06. The van der Waals surface area contributed by atoms with Crippen molar-refractivity contribution in [1.82, 2.24) is 4.98 Å². The van der Waals surface area contributed by atoms with Gasteiger partial charge in [-0.2, -0.15) is 0 Å². The Kier molecular flexibility index (Phi) is 4.22. The predicted molar refractivity (Wildman–Crippen MR) is 114 cm³/mol. The molecule has 0 N–H and O–H groups in total. The Morgan fingerprint density at radius 1 is 0.963 bits per heavy atom. The van der Waals surface area contributed by atoms with E-state index in [1.54, 1.807) is 0 Å². The summed E-state index contributed by atoms with van der Waals surface area (Å²) in [6, 6.07) is 17.6. The van der Waals surface area contributed by atoms with Gasteiger partial charge in [0.05, 0.1) is 5.52 Å². The number of benzene rings is 2. The van der Waals surface area contributed by atoms with Gasteiger partial charge in [-0.05, 0) is 47.4 Å². The van der Waals surface area contributed by atoms with Gasteiger partial charge in [-0.3, -0.25) is 4.98 Å². The molecule has 2 aromatic heterocycles. The molecule has 0 aliphatic heterocycles. The number of rotatable bonds is 2.